The molecule has 1 aliphatic heterocycles. The van der Waals surface area contributed by atoms with E-state index < -0.39 is 12.0 Å². The molecule has 86 valence electrons. The highest BCUT2D eigenvalue weighted by Gasteiger charge is 2.29. The Balaban J connectivity index is 2.26. The summed E-state index contributed by atoms with van der Waals surface area (Å²) in [5.74, 6) is -0.355. The van der Waals surface area contributed by atoms with Gasteiger partial charge in [0.1, 0.15) is 6.04 Å². The van der Waals surface area contributed by atoms with E-state index in [4.69, 9.17) is 5.11 Å². The minimum atomic E-state index is -0.850. The highest BCUT2D eigenvalue weighted by molar-refractivity contribution is 5.78. The number of carboxylic acid groups (broad SMARTS) is 1. The Morgan fingerprint density at radius 2 is 2.50 bits per heavy atom. The number of carbonyl (C=O) groups is 1. The average molecular weight is 222 g/mol. The van der Waals surface area contributed by atoms with E-state index >= 15 is 0 Å². The molecular weight excluding hydrogens is 208 g/mol. The summed E-state index contributed by atoms with van der Waals surface area (Å²) in [6, 6.07) is 1.21. The Morgan fingerprint density at radius 1 is 1.69 bits per heavy atom. The van der Waals surface area contributed by atoms with Crippen LogP contribution in [0.25, 0.3) is 0 Å². The molecule has 1 fully saturated rings. The normalized spacial score (nSPS) is 20.8. The maximum Gasteiger partial charge on any atom is 0.327 e. The Bertz CT molecular complexity index is 396. The number of hydrogen-bond acceptors (Lipinski definition) is 5. The first kappa shape index (κ1) is 10.8. The number of rotatable bonds is 2. The van der Waals surface area contributed by atoms with Gasteiger partial charge in [-0.1, -0.05) is 0 Å². The lowest BCUT2D eigenvalue weighted by molar-refractivity contribution is -0.138. The van der Waals surface area contributed by atoms with Gasteiger partial charge in [0.15, 0.2) is 0 Å². The Morgan fingerprint density at radius 3 is 3.19 bits per heavy atom. The van der Waals surface area contributed by atoms with Gasteiger partial charge in [-0.05, 0) is 13.0 Å². The molecule has 2 rings (SSSR count). The van der Waals surface area contributed by atoms with Crippen LogP contribution in [0, 0.1) is 6.92 Å². The molecule has 0 aromatic carbocycles. The van der Waals surface area contributed by atoms with E-state index in [9.17, 15) is 4.79 Å². The standard InChI is InChI=1S/C10H14N4O2/c1-7-2-3-12-10(13-7)14-5-4-11-6-8(14)9(15)16/h2-3,8,11H,4-6H2,1H3,(H,15,16)/t8-/m0/s1. The van der Waals surface area contributed by atoms with Gasteiger partial charge in [-0.15, -0.1) is 0 Å². The molecule has 1 aromatic heterocycles. The molecule has 16 heavy (non-hydrogen) atoms. The van der Waals surface area contributed by atoms with E-state index in [2.05, 4.69) is 15.3 Å². The summed E-state index contributed by atoms with van der Waals surface area (Å²) in [6.45, 7) is 3.65. The fourth-order valence-electron chi connectivity index (χ4n) is 1.74. The van der Waals surface area contributed by atoms with Crippen molar-refractivity contribution in [1.82, 2.24) is 15.3 Å². The number of hydrogen-bond donors (Lipinski definition) is 2. The third-order valence-corrected chi connectivity index (χ3v) is 2.57. The zero-order chi connectivity index (χ0) is 11.5. The molecule has 0 radical (unpaired) electrons. The van der Waals surface area contributed by atoms with E-state index in [1.807, 2.05) is 6.92 Å². The fraction of sp³-hybridized carbons (Fsp3) is 0.500. The minimum absolute atomic E-state index is 0.423. The fourth-order valence-corrected chi connectivity index (χ4v) is 1.74. The first-order valence-corrected chi connectivity index (χ1v) is 5.18. The molecule has 0 unspecified atom stereocenters. The van der Waals surface area contributed by atoms with Crippen molar-refractivity contribution in [3.63, 3.8) is 0 Å². The highest BCUT2D eigenvalue weighted by atomic mass is 16.4. The summed E-state index contributed by atoms with van der Waals surface area (Å²) in [6.07, 6.45) is 1.65. The van der Waals surface area contributed by atoms with E-state index in [-0.39, 0.29) is 0 Å². The maximum absolute atomic E-state index is 11.1. The zero-order valence-corrected chi connectivity index (χ0v) is 9.05. The number of piperazine rings is 1. The molecule has 1 saturated heterocycles. The van der Waals surface area contributed by atoms with E-state index in [0.29, 0.717) is 19.0 Å². The average Bonchev–Trinajstić information content (AvgIpc) is 2.29. The summed E-state index contributed by atoms with van der Waals surface area (Å²) in [5, 5.41) is 12.2. The smallest absolute Gasteiger partial charge is 0.327 e. The van der Waals surface area contributed by atoms with Crippen LogP contribution in [-0.2, 0) is 4.79 Å². The highest BCUT2D eigenvalue weighted by Crippen LogP contribution is 2.13. The number of aromatic nitrogens is 2. The first-order valence-electron chi connectivity index (χ1n) is 5.18. The second-order valence-electron chi connectivity index (χ2n) is 3.75. The molecule has 6 nitrogen and oxygen atoms in total. The molecule has 2 N–H and O–H groups in total. The van der Waals surface area contributed by atoms with Crippen LogP contribution in [0.2, 0.25) is 0 Å². The summed E-state index contributed by atoms with van der Waals surface area (Å²) < 4.78 is 0. The quantitative estimate of drug-likeness (QED) is 0.712. The second kappa shape index (κ2) is 4.44. The van der Waals surface area contributed by atoms with Crippen molar-refractivity contribution in [3.05, 3.63) is 18.0 Å². The summed E-state index contributed by atoms with van der Waals surface area (Å²) in [7, 11) is 0. The lowest BCUT2D eigenvalue weighted by atomic mass is 10.2. The number of anilines is 1. The van der Waals surface area contributed by atoms with Gasteiger partial charge in [0.25, 0.3) is 0 Å². The van der Waals surface area contributed by atoms with Gasteiger partial charge < -0.3 is 15.3 Å². The van der Waals surface area contributed by atoms with Crippen molar-refractivity contribution in [3.8, 4) is 0 Å². The lowest BCUT2D eigenvalue weighted by Crippen LogP contribution is -2.55. The van der Waals surface area contributed by atoms with Crippen LogP contribution in [0.5, 0.6) is 0 Å². The Labute approximate surface area is 93.3 Å². The van der Waals surface area contributed by atoms with Gasteiger partial charge in [-0.2, -0.15) is 0 Å². The second-order valence-corrected chi connectivity index (χ2v) is 3.75. The molecule has 0 aliphatic carbocycles. The molecular formula is C10H14N4O2. The van der Waals surface area contributed by atoms with Crippen molar-refractivity contribution < 1.29 is 9.90 Å². The van der Waals surface area contributed by atoms with E-state index in [0.717, 1.165) is 12.2 Å². The SMILES string of the molecule is Cc1ccnc(N2CCNC[C@H]2C(=O)O)n1. The third-order valence-electron chi connectivity index (χ3n) is 2.57. The minimum Gasteiger partial charge on any atom is -0.480 e. The summed E-state index contributed by atoms with van der Waals surface area (Å²) >= 11 is 0. The van der Waals surface area contributed by atoms with Gasteiger partial charge >= 0.3 is 5.97 Å². The van der Waals surface area contributed by atoms with Crippen LogP contribution < -0.4 is 10.2 Å². The van der Waals surface area contributed by atoms with Crippen molar-refractivity contribution in [2.75, 3.05) is 24.5 Å². The lowest BCUT2D eigenvalue weighted by Gasteiger charge is -2.33. The molecule has 0 saturated carbocycles. The predicted octanol–water partition coefficient (Wildman–Crippen LogP) is -0.352. The summed E-state index contributed by atoms with van der Waals surface area (Å²) in [4.78, 5) is 21.2. The first-order chi connectivity index (χ1) is 7.68. The maximum atomic E-state index is 11.1. The van der Waals surface area contributed by atoms with Crippen molar-refractivity contribution in [1.29, 1.82) is 0 Å². The van der Waals surface area contributed by atoms with Crippen LogP contribution >= 0.6 is 0 Å². The number of aryl methyl sites for hydroxylation is 1. The van der Waals surface area contributed by atoms with Crippen molar-refractivity contribution >= 4 is 11.9 Å². The van der Waals surface area contributed by atoms with Crippen LogP contribution in [0.4, 0.5) is 5.95 Å². The zero-order valence-electron chi connectivity index (χ0n) is 9.05. The summed E-state index contributed by atoms with van der Waals surface area (Å²) in [5.41, 5.74) is 0.840. The number of nitrogens with one attached hydrogen (secondary N) is 1. The predicted molar refractivity (Wildman–Crippen MR) is 58.4 cm³/mol. The topological polar surface area (TPSA) is 78.4 Å². The Kier molecular flexibility index (Phi) is 3.00. The molecule has 6 heteroatoms. The Hall–Kier alpha value is -1.69. The van der Waals surface area contributed by atoms with E-state index in [1.165, 1.54) is 0 Å². The monoisotopic (exact) mass is 222 g/mol. The van der Waals surface area contributed by atoms with Gasteiger partial charge in [-0.3, -0.25) is 0 Å². The molecule has 0 spiro atoms. The number of carboxylic acids is 1. The molecule has 0 bridgehead atoms. The van der Waals surface area contributed by atoms with Gasteiger partial charge in [-0.25, -0.2) is 14.8 Å². The number of nitrogens with zero attached hydrogens (tertiary/aromatic N) is 3. The van der Waals surface area contributed by atoms with Crippen LogP contribution in [0.3, 0.4) is 0 Å². The van der Waals surface area contributed by atoms with Gasteiger partial charge in [0.2, 0.25) is 5.95 Å². The van der Waals surface area contributed by atoms with Crippen molar-refractivity contribution in [2.24, 2.45) is 0 Å². The van der Waals surface area contributed by atoms with Crippen LogP contribution in [0.1, 0.15) is 5.69 Å². The van der Waals surface area contributed by atoms with Crippen LogP contribution in [0.15, 0.2) is 12.3 Å². The molecule has 1 atom stereocenters. The largest absolute Gasteiger partial charge is 0.480 e. The molecule has 0 amide bonds. The van der Waals surface area contributed by atoms with E-state index in [1.54, 1.807) is 17.2 Å². The number of aliphatic carboxylic acids is 1. The third kappa shape index (κ3) is 2.11. The van der Waals surface area contributed by atoms with Crippen LogP contribution in [-0.4, -0.2) is 46.7 Å². The van der Waals surface area contributed by atoms with Gasteiger partial charge in [0.05, 0.1) is 0 Å². The van der Waals surface area contributed by atoms with Crippen molar-refractivity contribution in [2.45, 2.75) is 13.0 Å². The molecule has 2 heterocycles. The van der Waals surface area contributed by atoms with Gasteiger partial charge in [0, 0.05) is 31.5 Å². The molecule has 1 aromatic rings. The molecule has 1 aliphatic rings.